The standard InChI is InChI=1S/C17H16F3NO3.C4H11NO3/c18-14-9-16(20)15(19)7-12(14)6-13(8-17(22)23)21-24-10-11-4-2-1-3-5-11;5-4(1-6,2-7)3-8/h1-5,7,9,13,21H,6,8,10H2,(H,22,23);6-8H,1-3,5H2/t13-;/m1./s1. The highest BCUT2D eigenvalue weighted by molar-refractivity contribution is 5.67. The average molecular weight is 460 g/mol. The van der Waals surface area contributed by atoms with Gasteiger partial charge in [0.25, 0.3) is 0 Å². The summed E-state index contributed by atoms with van der Waals surface area (Å²) in [7, 11) is 0. The lowest BCUT2D eigenvalue weighted by Crippen LogP contribution is -2.50. The molecule has 0 aromatic heterocycles. The molecule has 32 heavy (non-hydrogen) atoms. The minimum Gasteiger partial charge on any atom is -0.481 e. The van der Waals surface area contributed by atoms with E-state index in [2.05, 4.69) is 5.48 Å². The fourth-order valence-corrected chi connectivity index (χ4v) is 2.32. The van der Waals surface area contributed by atoms with Gasteiger partial charge in [-0.2, -0.15) is 5.48 Å². The highest BCUT2D eigenvalue weighted by Crippen LogP contribution is 2.16. The van der Waals surface area contributed by atoms with Crippen molar-refractivity contribution in [3.05, 3.63) is 71.0 Å². The van der Waals surface area contributed by atoms with E-state index in [4.69, 9.17) is 31.0 Å². The normalized spacial score (nSPS) is 12.1. The number of halogens is 3. The molecular weight excluding hydrogens is 433 g/mol. The van der Waals surface area contributed by atoms with Crippen LogP contribution in [-0.4, -0.2) is 57.8 Å². The molecule has 0 aliphatic carbocycles. The fourth-order valence-electron chi connectivity index (χ4n) is 2.32. The molecule has 0 amide bonds. The molecule has 11 heteroatoms. The summed E-state index contributed by atoms with van der Waals surface area (Å²) >= 11 is 0. The third-order valence-electron chi connectivity index (χ3n) is 4.25. The Morgan fingerprint density at radius 2 is 1.56 bits per heavy atom. The van der Waals surface area contributed by atoms with Gasteiger partial charge in [0.2, 0.25) is 0 Å². The maximum atomic E-state index is 13.7. The van der Waals surface area contributed by atoms with Crippen LogP contribution in [0.15, 0.2) is 42.5 Å². The second kappa shape index (κ2) is 13.8. The first-order valence-electron chi connectivity index (χ1n) is 9.52. The van der Waals surface area contributed by atoms with Gasteiger partial charge < -0.3 is 26.2 Å². The molecule has 0 aliphatic heterocycles. The van der Waals surface area contributed by atoms with E-state index in [0.717, 1.165) is 11.6 Å². The molecular formula is C21H27F3N2O6. The number of hydroxylamine groups is 1. The van der Waals surface area contributed by atoms with Crippen LogP contribution in [0, 0.1) is 17.5 Å². The van der Waals surface area contributed by atoms with Gasteiger partial charge in [-0.25, -0.2) is 13.2 Å². The molecule has 178 valence electrons. The van der Waals surface area contributed by atoms with Crippen molar-refractivity contribution in [1.29, 1.82) is 0 Å². The number of aliphatic hydroxyl groups excluding tert-OH is 3. The summed E-state index contributed by atoms with van der Waals surface area (Å²) in [4.78, 5) is 16.2. The van der Waals surface area contributed by atoms with Crippen LogP contribution in [0.4, 0.5) is 13.2 Å². The van der Waals surface area contributed by atoms with Gasteiger partial charge in [-0.1, -0.05) is 30.3 Å². The van der Waals surface area contributed by atoms with Crippen molar-refractivity contribution in [3.8, 4) is 0 Å². The topological polar surface area (TPSA) is 145 Å². The highest BCUT2D eigenvalue weighted by Gasteiger charge is 2.21. The van der Waals surface area contributed by atoms with Crippen molar-refractivity contribution in [2.75, 3.05) is 19.8 Å². The summed E-state index contributed by atoms with van der Waals surface area (Å²) in [5.74, 6) is -4.54. The van der Waals surface area contributed by atoms with Crippen LogP contribution in [0.25, 0.3) is 0 Å². The molecule has 0 fully saturated rings. The molecule has 2 aromatic carbocycles. The smallest absolute Gasteiger partial charge is 0.305 e. The molecule has 0 saturated carbocycles. The van der Waals surface area contributed by atoms with Gasteiger partial charge in [0.1, 0.15) is 5.82 Å². The highest BCUT2D eigenvalue weighted by atomic mass is 19.2. The molecule has 2 rings (SSSR count). The minimum atomic E-state index is -1.29. The van der Waals surface area contributed by atoms with Gasteiger partial charge in [0.05, 0.1) is 38.4 Å². The first-order chi connectivity index (χ1) is 15.1. The first-order valence-corrected chi connectivity index (χ1v) is 9.52. The minimum absolute atomic E-state index is 0.129. The van der Waals surface area contributed by atoms with Gasteiger partial charge in [0.15, 0.2) is 11.6 Å². The zero-order valence-corrected chi connectivity index (χ0v) is 17.2. The summed E-state index contributed by atoms with van der Waals surface area (Å²) in [5, 5.41) is 33.9. The number of carbonyl (C=O) groups is 1. The molecule has 8 nitrogen and oxygen atoms in total. The lowest BCUT2D eigenvalue weighted by Gasteiger charge is -2.20. The van der Waals surface area contributed by atoms with E-state index >= 15 is 0 Å². The molecule has 1 atom stereocenters. The van der Waals surface area contributed by atoms with Crippen LogP contribution in [0.1, 0.15) is 17.5 Å². The molecule has 0 saturated heterocycles. The number of benzene rings is 2. The molecule has 0 bridgehead atoms. The number of nitrogens with two attached hydrogens (primary N) is 1. The number of nitrogens with one attached hydrogen (secondary N) is 1. The molecule has 0 aliphatic rings. The summed E-state index contributed by atoms with van der Waals surface area (Å²) in [6.45, 7) is -1.03. The van der Waals surface area contributed by atoms with E-state index in [0.29, 0.717) is 6.07 Å². The lowest BCUT2D eigenvalue weighted by atomic mass is 10.0. The van der Waals surface area contributed by atoms with Crippen LogP contribution in [0.2, 0.25) is 0 Å². The molecule has 0 radical (unpaired) electrons. The van der Waals surface area contributed by atoms with Crippen molar-refractivity contribution in [3.63, 3.8) is 0 Å². The van der Waals surface area contributed by atoms with Crippen LogP contribution < -0.4 is 11.2 Å². The molecule has 0 heterocycles. The van der Waals surface area contributed by atoms with Crippen LogP contribution >= 0.6 is 0 Å². The second-order valence-corrected chi connectivity index (χ2v) is 7.09. The number of hydrogen-bond acceptors (Lipinski definition) is 7. The maximum absolute atomic E-state index is 13.7. The molecule has 2 aromatic rings. The molecule has 7 N–H and O–H groups in total. The van der Waals surface area contributed by atoms with E-state index in [1.54, 1.807) is 0 Å². The third kappa shape index (κ3) is 9.73. The van der Waals surface area contributed by atoms with Gasteiger partial charge >= 0.3 is 5.97 Å². The lowest BCUT2D eigenvalue weighted by molar-refractivity contribution is -0.138. The average Bonchev–Trinajstić information content (AvgIpc) is 2.77. The van der Waals surface area contributed by atoms with Crippen molar-refractivity contribution >= 4 is 5.97 Å². The van der Waals surface area contributed by atoms with Gasteiger partial charge in [0, 0.05) is 12.1 Å². The van der Waals surface area contributed by atoms with E-state index in [-0.39, 0.29) is 25.0 Å². The number of rotatable bonds is 11. The zero-order valence-electron chi connectivity index (χ0n) is 17.2. The Morgan fingerprint density at radius 1 is 1.00 bits per heavy atom. The largest absolute Gasteiger partial charge is 0.481 e. The Morgan fingerprint density at radius 3 is 2.06 bits per heavy atom. The van der Waals surface area contributed by atoms with Gasteiger partial charge in [-0.05, 0) is 23.6 Å². The molecule has 0 spiro atoms. The van der Waals surface area contributed by atoms with Crippen LogP contribution in [0.3, 0.4) is 0 Å². The Labute approximate surface area is 183 Å². The van der Waals surface area contributed by atoms with Crippen molar-refractivity contribution < 1.29 is 43.2 Å². The number of carboxylic acid groups (broad SMARTS) is 1. The van der Waals surface area contributed by atoms with E-state index in [9.17, 15) is 18.0 Å². The Balaban J connectivity index is 0.000000547. The van der Waals surface area contributed by atoms with Gasteiger partial charge in [-0.3, -0.25) is 9.63 Å². The summed E-state index contributed by atoms with van der Waals surface area (Å²) in [5.41, 5.74) is 7.21. The Bertz CT molecular complexity index is 830. The van der Waals surface area contributed by atoms with Crippen molar-refractivity contribution in [1.82, 2.24) is 5.48 Å². The number of aliphatic hydroxyl groups is 3. The summed E-state index contributed by atoms with van der Waals surface area (Å²) in [6, 6.07) is 9.49. The van der Waals surface area contributed by atoms with Gasteiger partial charge in [-0.15, -0.1) is 0 Å². The molecule has 0 unspecified atom stereocenters. The van der Waals surface area contributed by atoms with Crippen molar-refractivity contribution in [2.45, 2.75) is 31.0 Å². The maximum Gasteiger partial charge on any atom is 0.305 e. The summed E-state index contributed by atoms with van der Waals surface area (Å²) in [6.07, 6.45) is -0.530. The zero-order chi connectivity index (χ0) is 24.1. The second-order valence-electron chi connectivity index (χ2n) is 7.09. The Kier molecular flexibility index (Phi) is 11.8. The third-order valence-corrected chi connectivity index (χ3v) is 4.25. The van der Waals surface area contributed by atoms with Crippen LogP contribution in [0.5, 0.6) is 0 Å². The number of carboxylic acids is 1. The Hall–Kier alpha value is -2.54. The van der Waals surface area contributed by atoms with E-state index in [1.807, 2.05) is 30.3 Å². The SMILES string of the molecule is NC(CO)(CO)CO.O=C(O)C[C@@H](Cc1cc(F)c(F)cc1F)NOCc1ccccc1. The summed E-state index contributed by atoms with van der Waals surface area (Å²) < 4.78 is 39.9. The van der Waals surface area contributed by atoms with Crippen LogP contribution in [-0.2, 0) is 22.7 Å². The fraction of sp³-hybridized carbons (Fsp3) is 0.381. The quantitative estimate of drug-likeness (QED) is 0.214. The number of hydrogen-bond donors (Lipinski definition) is 6. The van der Waals surface area contributed by atoms with Crippen molar-refractivity contribution in [2.24, 2.45) is 5.73 Å². The number of aliphatic carboxylic acids is 1. The first kappa shape index (κ1) is 27.5. The van der Waals surface area contributed by atoms with E-state index in [1.165, 1.54) is 0 Å². The monoisotopic (exact) mass is 460 g/mol. The van der Waals surface area contributed by atoms with E-state index < -0.39 is 54.8 Å². The predicted molar refractivity (Wildman–Crippen MR) is 109 cm³/mol. The predicted octanol–water partition coefficient (Wildman–Crippen LogP) is 0.872.